The number of rotatable bonds is 3. The van der Waals surface area contributed by atoms with Gasteiger partial charge in [0.1, 0.15) is 0 Å². The zero-order valence-electron chi connectivity index (χ0n) is 13.7. The van der Waals surface area contributed by atoms with Crippen molar-refractivity contribution in [2.24, 2.45) is 0 Å². The standard InChI is InChI=1S/C21H17NO3/c23-21(22-11-13-4-9-18-19(10-13)25-12-24-18)17-8-7-15-6-5-14-2-1-3-16(17)20(14)15/h1-4,7-10H,5-6,11-12H2,(H,22,23). The van der Waals surface area contributed by atoms with E-state index in [1.807, 2.05) is 36.4 Å². The molecular formula is C21H17NO3. The minimum absolute atomic E-state index is 0.0479. The van der Waals surface area contributed by atoms with Crippen LogP contribution in [0.3, 0.4) is 0 Å². The average Bonchev–Trinajstić information content (AvgIpc) is 3.28. The van der Waals surface area contributed by atoms with Crippen LogP contribution < -0.4 is 14.8 Å². The smallest absolute Gasteiger partial charge is 0.252 e. The van der Waals surface area contributed by atoms with Crippen LogP contribution in [0, 0.1) is 0 Å². The van der Waals surface area contributed by atoms with Crippen LogP contribution in [0.2, 0.25) is 0 Å². The quantitative estimate of drug-likeness (QED) is 0.798. The van der Waals surface area contributed by atoms with Crippen molar-refractivity contribution in [1.29, 1.82) is 0 Å². The fourth-order valence-electron chi connectivity index (χ4n) is 3.77. The highest BCUT2D eigenvalue weighted by atomic mass is 16.7. The normalized spacial score (nSPS) is 14.1. The van der Waals surface area contributed by atoms with Crippen molar-refractivity contribution < 1.29 is 14.3 Å². The number of fused-ring (bicyclic) bond motifs is 1. The fraction of sp³-hybridized carbons (Fsp3) is 0.190. The molecule has 5 rings (SSSR count). The van der Waals surface area contributed by atoms with Gasteiger partial charge in [0.2, 0.25) is 6.79 Å². The van der Waals surface area contributed by atoms with E-state index in [1.165, 1.54) is 16.5 Å². The molecule has 124 valence electrons. The van der Waals surface area contributed by atoms with E-state index in [0.717, 1.165) is 40.9 Å². The van der Waals surface area contributed by atoms with Crippen LogP contribution in [-0.4, -0.2) is 12.7 Å². The fourth-order valence-corrected chi connectivity index (χ4v) is 3.77. The van der Waals surface area contributed by atoms with Crippen LogP contribution in [0.25, 0.3) is 10.8 Å². The van der Waals surface area contributed by atoms with Crippen LogP contribution in [-0.2, 0) is 19.4 Å². The van der Waals surface area contributed by atoms with Crippen molar-refractivity contribution in [3.63, 3.8) is 0 Å². The third kappa shape index (κ3) is 2.33. The third-order valence-electron chi connectivity index (χ3n) is 5.01. The predicted octanol–water partition coefficient (Wildman–Crippen LogP) is 3.60. The Morgan fingerprint density at radius 3 is 2.72 bits per heavy atom. The van der Waals surface area contributed by atoms with Crippen LogP contribution >= 0.6 is 0 Å². The van der Waals surface area contributed by atoms with E-state index in [9.17, 15) is 4.79 Å². The molecule has 2 aliphatic rings. The maximum atomic E-state index is 12.7. The van der Waals surface area contributed by atoms with Gasteiger partial charge in [-0.2, -0.15) is 0 Å². The zero-order chi connectivity index (χ0) is 16.8. The van der Waals surface area contributed by atoms with E-state index in [-0.39, 0.29) is 12.7 Å². The van der Waals surface area contributed by atoms with Crippen LogP contribution in [0.1, 0.15) is 27.0 Å². The maximum Gasteiger partial charge on any atom is 0.252 e. The van der Waals surface area contributed by atoms with Crippen molar-refractivity contribution in [1.82, 2.24) is 5.32 Å². The molecule has 4 nitrogen and oxygen atoms in total. The summed E-state index contributed by atoms with van der Waals surface area (Å²) in [5, 5.41) is 5.34. The summed E-state index contributed by atoms with van der Waals surface area (Å²) >= 11 is 0. The van der Waals surface area contributed by atoms with Crippen molar-refractivity contribution >= 4 is 16.7 Å². The molecule has 0 saturated carbocycles. The molecule has 0 saturated heterocycles. The van der Waals surface area contributed by atoms with E-state index in [1.54, 1.807) is 0 Å². The summed E-state index contributed by atoms with van der Waals surface area (Å²) < 4.78 is 10.7. The Labute approximate surface area is 145 Å². The highest BCUT2D eigenvalue weighted by molar-refractivity contribution is 6.09. The molecular weight excluding hydrogens is 314 g/mol. The lowest BCUT2D eigenvalue weighted by Crippen LogP contribution is -2.23. The molecule has 4 heteroatoms. The van der Waals surface area contributed by atoms with Gasteiger partial charge < -0.3 is 14.8 Å². The molecule has 3 aromatic carbocycles. The number of nitrogens with one attached hydrogen (secondary N) is 1. The minimum atomic E-state index is -0.0479. The Morgan fingerprint density at radius 1 is 0.960 bits per heavy atom. The lowest BCUT2D eigenvalue weighted by atomic mass is 9.99. The lowest BCUT2D eigenvalue weighted by Gasteiger charge is -2.10. The Kier molecular flexibility index (Phi) is 3.17. The minimum Gasteiger partial charge on any atom is -0.454 e. The first-order valence-electron chi connectivity index (χ1n) is 8.50. The summed E-state index contributed by atoms with van der Waals surface area (Å²) in [4.78, 5) is 12.7. The maximum absolute atomic E-state index is 12.7. The molecule has 1 amide bonds. The van der Waals surface area contributed by atoms with Crippen molar-refractivity contribution in [2.75, 3.05) is 6.79 Å². The molecule has 25 heavy (non-hydrogen) atoms. The van der Waals surface area contributed by atoms with Gasteiger partial charge in [0.25, 0.3) is 5.91 Å². The Hall–Kier alpha value is -3.01. The van der Waals surface area contributed by atoms with E-state index in [4.69, 9.17) is 9.47 Å². The van der Waals surface area contributed by atoms with Gasteiger partial charge in [-0.05, 0) is 58.5 Å². The molecule has 3 aromatic rings. The van der Waals surface area contributed by atoms with Gasteiger partial charge in [-0.1, -0.05) is 30.3 Å². The van der Waals surface area contributed by atoms with Crippen molar-refractivity contribution in [3.8, 4) is 11.5 Å². The van der Waals surface area contributed by atoms with Gasteiger partial charge >= 0.3 is 0 Å². The summed E-state index contributed by atoms with van der Waals surface area (Å²) in [6.45, 7) is 0.713. The predicted molar refractivity (Wildman–Crippen MR) is 95.1 cm³/mol. The van der Waals surface area contributed by atoms with Crippen LogP contribution in [0.15, 0.2) is 48.5 Å². The molecule has 1 aliphatic carbocycles. The Balaban J connectivity index is 1.41. The number of benzene rings is 3. The summed E-state index contributed by atoms with van der Waals surface area (Å²) in [5.74, 6) is 1.44. The average molecular weight is 331 g/mol. The molecule has 0 radical (unpaired) electrons. The summed E-state index contributed by atoms with van der Waals surface area (Å²) in [5.41, 5.74) is 4.42. The number of aryl methyl sites for hydroxylation is 2. The summed E-state index contributed by atoms with van der Waals surface area (Å²) in [6.07, 6.45) is 2.13. The molecule has 0 atom stereocenters. The molecule has 1 heterocycles. The van der Waals surface area contributed by atoms with E-state index < -0.39 is 0 Å². The van der Waals surface area contributed by atoms with Crippen LogP contribution in [0.5, 0.6) is 11.5 Å². The molecule has 0 bridgehead atoms. The second-order valence-electron chi connectivity index (χ2n) is 6.48. The SMILES string of the molecule is O=C(NCc1ccc2c(c1)OCO2)c1ccc2c3c(cccc13)CC2. The largest absolute Gasteiger partial charge is 0.454 e. The van der Waals surface area contributed by atoms with Gasteiger partial charge in [-0.3, -0.25) is 4.79 Å². The number of hydrogen-bond donors (Lipinski definition) is 1. The zero-order valence-corrected chi connectivity index (χ0v) is 13.7. The van der Waals surface area contributed by atoms with Crippen molar-refractivity contribution in [3.05, 3.63) is 70.8 Å². The number of ether oxygens (including phenoxy) is 2. The Morgan fingerprint density at radius 2 is 1.80 bits per heavy atom. The molecule has 0 aromatic heterocycles. The summed E-state index contributed by atoms with van der Waals surface area (Å²) in [7, 11) is 0. The van der Waals surface area contributed by atoms with Gasteiger partial charge in [0.05, 0.1) is 0 Å². The van der Waals surface area contributed by atoms with E-state index in [0.29, 0.717) is 6.54 Å². The molecule has 1 aliphatic heterocycles. The molecule has 0 unspecified atom stereocenters. The third-order valence-corrected chi connectivity index (χ3v) is 5.01. The number of carbonyl (C=O) groups excluding carboxylic acids is 1. The van der Waals surface area contributed by atoms with Gasteiger partial charge in [0.15, 0.2) is 11.5 Å². The number of amides is 1. The van der Waals surface area contributed by atoms with Gasteiger partial charge in [-0.25, -0.2) is 0 Å². The first-order chi connectivity index (χ1) is 12.3. The monoisotopic (exact) mass is 331 g/mol. The molecule has 0 spiro atoms. The van der Waals surface area contributed by atoms with E-state index >= 15 is 0 Å². The van der Waals surface area contributed by atoms with Crippen molar-refractivity contribution in [2.45, 2.75) is 19.4 Å². The van der Waals surface area contributed by atoms with Gasteiger partial charge in [0, 0.05) is 12.1 Å². The van der Waals surface area contributed by atoms with Crippen LogP contribution in [0.4, 0.5) is 0 Å². The number of carbonyl (C=O) groups is 1. The second kappa shape index (κ2) is 5.52. The highest BCUT2D eigenvalue weighted by Crippen LogP contribution is 2.34. The Bertz CT molecular complexity index is 999. The highest BCUT2D eigenvalue weighted by Gasteiger charge is 2.19. The first kappa shape index (κ1) is 14.3. The van der Waals surface area contributed by atoms with E-state index in [2.05, 4.69) is 17.4 Å². The lowest BCUT2D eigenvalue weighted by molar-refractivity contribution is 0.0952. The van der Waals surface area contributed by atoms with Gasteiger partial charge in [-0.15, -0.1) is 0 Å². The first-order valence-corrected chi connectivity index (χ1v) is 8.50. The number of hydrogen-bond acceptors (Lipinski definition) is 3. The molecule has 1 N–H and O–H groups in total. The molecule has 0 fully saturated rings. The topological polar surface area (TPSA) is 47.6 Å². The second-order valence-corrected chi connectivity index (χ2v) is 6.48. The summed E-state index contributed by atoms with van der Waals surface area (Å²) in [6, 6.07) is 16.0.